The highest BCUT2D eigenvalue weighted by Gasteiger charge is 2.65. The molecule has 10 atom stereocenters. The van der Waals surface area contributed by atoms with E-state index in [9.17, 15) is 14.4 Å². The average molecular weight is 1070 g/mol. The SMILES string of the molecule is CC.CC.CC.CCC(C)(C)CC(=O)OC1CCC2(C)C(CCC3(C)C4CCC5(CCN(CCN(C)C)Cc6ccc(Cl)cc6)CC(=O)C(C(C)C)=C5C4CCC32)C1C.CCCC1=C(C(C)C)C(=O)CC1C.O=CO. The number of esters is 1. The topological polar surface area (TPSA) is 104 Å². The largest absolute Gasteiger partial charge is 0.483 e. The van der Waals surface area contributed by atoms with E-state index in [4.69, 9.17) is 26.2 Å². The summed E-state index contributed by atoms with van der Waals surface area (Å²) in [7, 11) is 4.32. The Labute approximate surface area is 465 Å². The van der Waals surface area contributed by atoms with Crippen LogP contribution in [0.1, 0.15) is 227 Å². The molecule has 10 unspecified atom stereocenters. The van der Waals surface area contributed by atoms with Crippen LogP contribution in [0.2, 0.25) is 5.02 Å². The number of carbonyl (C=O) groups excluding carboxylic acids is 3. The van der Waals surface area contributed by atoms with Gasteiger partial charge in [0.25, 0.3) is 6.47 Å². The number of hydrogen-bond acceptors (Lipinski definition) is 7. The number of likely N-dealkylation sites (N-methyl/N-ethyl adjacent to an activating group) is 1. The molecule has 0 heterocycles. The molecule has 8 nitrogen and oxygen atoms in total. The van der Waals surface area contributed by atoms with Gasteiger partial charge in [0.1, 0.15) is 6.10 Å². The maximum absolute atomic E-state index is 14.2. The number of Topliss-reactive ketones (excluding diaryl/α,β-unsaturated/α-hetero) is 2. The number of hydrogen-bond donors (Lipinski definition) is 1. The summed E-state index contributed by atoms with van der Waals surface area (Å²) in [5, 5.41) is 7.67. The molecule has 7 rings (SSSR count). The maximum Gasteiger partial charge on any atom is 0.306 e. The van der Waals surface area contributed by atoms with Gasteiger partial charge in [-0.1, -0.05) is 172 Å². The molecule has 6 aliphatic rings. The fraction of sp³-hybridized carbons (Fsp3) is 0.788. The molecule has 0 radical (unpaired) electrons. The van der Waals surface area contributed by atoms with Crippen molar-refractivity contribution in [3.63, 3.8) is 0 Å². The van der Waals surface area contributed by atoms with E-state index in [0.29, 0.717) is 65.8 Å². The van der Waals surface area contributed by atoms with Crippen molar-refractivity contribution in [1.82, 2.24) is 9.80 Å². The van der Waals surface area contributed by atoms with Crippen molar-refractivity contribution >= 4 is 35.6 Å². The van der Waals surface area contributed by atoms with Gasteiger partial charge in [-0.15, -0.1) is 0 Å². The first-order chi connectivity index (χ1) is 35.4. The van der Waals surface area contributed by atoms with E-state index in [-0.39, 0.29) is 46.1 Å². The number of ketones is 2. The third kappa shape index (κ3) is 16.6. The van der Waals surface area contributed by atoms with Crippen LogP contribution in [0.5, 0.6) is 0 Å². The zero-order valence-corrected chi connectivity index (χ0v) is 52.5. The number of halogens is 1. The molecule has 0 saturated heterocycles. The monoisotopic (exact) mass is 1060 g/mol. The van der Waals surface area contributed by atoms with Crippen molar-refractivity contribution in [2.24, 2.45) is 69.0 Å². The lowest BCUT2D eigenvalue weighted by atomic mass is 9.38. The van der Waals surface area contributed by atoms with E-state index >= 15 is 0 Å². The van der Waals surface area contributed by atoms with Gasteiger partial charge in [-0.2, -0.15) is 0 Å². The summed E-state index contributed by atoms with van der Waals surface area (Å²) in [4.78, 5) is 52.2. The molecule has 430 valence electrons. The normalized spacial score (nSPS) is 29.7. The summed E-state index contributed by atoms with van der Waals surface area (Å²) < 4.78 is 6.30. The van der Waals surface area contributed by atoms with Crippen LogP contribution in [0, 0.1) is 69.0 Å². The van der Waals surface area contributed by atoms with Crippen molar-refractivity contribution in [1.29, 1.82) is 0 Å². The molecule has 0 aliphatic heterocycles. The average Bonchev–Trinajstić information content (AvgIpc) is 3.84. The number of ether oxygens (including phenoxy) is 1. The Morgan fingerprint density at radius 3 is 1.92 bits per heavy atom. The van der Waals surface area contributed by atoms with Crippen molar-refractivity contribution < 1.29 is 29.0 Å². The van der Waals surface area contributed by atoms with Crippen LogP contribution in [0.3, 0.4) is 0 Å². The van der Waals surface area contributed by atoms with Gasteiger partial charge in [0.2, 0.25) is 0 Å². The summed E-state index contributed by atoms with van der Waals surface area (Å²) in [5.74, 6) is 4.87. The fourth-order valence-corrected chi connectivity index (χ4v) is 15.5. The summed E-state index contributed by atoms with van der Waals surface area (Å²) >= 11 is 6.25. The van der Waals surface area contributed by atoms with Crippen molar-refractivity contribution in [3.05, 3.63) is 57.1 Å². The van der Waals surface area contributed by atoms with E-state index in [1.54, 1.807) is 5.57 Å². The minimum atomic E-state index is -0.250. The summed E-state index contributed by atoms with van der Waals surface area (Å²) in [5.41, 5.74) is 7.23. The van der Waals surface area contributed by atoms with Crippen LogP contribution < -0.4 is 0 Å². The molecule has 0 amide bonds. The smallest absolute Gasteiger partial charge is 0.306 e. The van der Waals surface area contributed by atoms with Gasteiger partial charge in [0.05, 0.1) is 6.42 Å². The molecular weight excluding hydrogens is 952 g/mol. The number of fused-ring (bicyclic) bond motifs is 7. The van der Waals surface area contributed by atoms with Crippen molar-refractivity contribution in [2.75, 3.05) is 33.7 Å². The number of nitrogens with zero attached hydrogens (tertiary/aromatic N) is 2. The fourth-order valence-electron chi connectivity index (χ4n) is 15.4. The van der Waals surface area contributed by atoms with Gasteiger partial charge >= 0.3 is 5.97 Å². The van der Waals surface area contributed by atoms with Gasteiger partial charge in [-0.3, -0.25) is 24.1 Å². The Balaban J connectivity index is 0.000000738. The lowest BCUT2D eigenvalue weighted by Gasteiger charge is -2.67. The summed E-state index contributed by atoms with van der Waals surface area (Å²) in [6.45, 7) is 43.1. The number of benzene rings is 1. The van der Waals surface area contributed by atoms with Gasteiger partial charge < -0.3 is 14.7 Å². The Morgan fingerprint density at radius 2 is 1.37 bits per heavy atom. The molecule has 1 N–H and O–H groups in total. The second kappa shape index (κ2) is 31.1. The molecule has 0 spiro atoms. The maximum atomic E-state index is 14.2. The van der Waals surface area contributed by atoms with Crippen LogP contribution in [-0.2, 0) is 30.5 Å². The zero-order valence-electron chi connectivity index (χ0n) is 51.8. The van der Waals surface area contributed by atoms with E-state index in [2.05, 4.69) is 119 Å². The van der Waals surface area contributed by atoms with E-state index in [1.165, 1.54) is 48.8 Å². The van der Waals surface area contributed by atoms with Gasteiger partial charge in [-0.05, 0) is 177 Å². The van der Waals surface area contributed by atoms with Gasteiger partial charge in [0, 0.05) is 42.9 Å². The van der Waals surface area contributed by atoms with Crippen molar-refractivity contribution in [3.8, 4) is 0 Å². The molecule has 0 bridgehead atoms. The molecule has 4 saturated carbocycles. The molecule has 75 heavy (non-hydrogen) atoms. The Morgan fingerprint density at radius 1 is 0.813 bits per heavy atom. The van der Waals surface area contributed by atoms with Crippen LogP contribution in [0.25, 0.3) is 0 Å². The number of rotatable bonds is 16. The van der Waals surface area contributed by atoms with Crippen LogP contribution >= 0.6 is 11.6 Å². The molecule has 0 aromatic heterocycles. The van der Waals surface area contributed by atoms with Crippen LogP contribution in [0.15, 0.2) is 46.6 Å². The quantitative estimate of drug-likeness (QED) is 0.129. The lowest BCUT2D eigenvalue weighted by molar-refractivity contribution is -0.191. The third-order valence-corrected chi connectivity index (χ3v) is 19.3. The lowest BCUT2D eigenvalue weighted by Crippen LogP contribution is -2.60. The van der Waals surface area contributed by atoms with Gasteiger partial charge in [-0.25, -0.2) is 0 Å². The predicted molar refractivity (Wildman–Crippen MR) is 317 cm³/mol. The van der Waals surface area contributed by atoms with E-state index in [0.717, 1.165) is 88.1 Å². The molecule has 6 aliphatic carbocycles. The number of allylic oxidation sites excluding steroid dienone is 4. The number of carboxylic acid groups (broad SMARTS) is 1. The first-order valence-corrected chi connectivity index (χ1v) is 30.7. The Kier molecular flexibility index (Phi) is 28.3. The standard InChI is InChI=1S/C47H73ClN2O3.C12H20O.3C2H6.CH2O2/c1-11-44(5,6)29-41(52)53-39-20-22-45(7)36(32(39)4)18-21-46(8)37-19-23-47(28-38(51)42(31(2)3)43(47)35(37)16-17-40(45)46)24-25-50(27-26-49(9)10)30-33-12-14-34(48)15-13-33;1-5-6-10-9(4)7-11(13)12(10)8(2)3;3*1-2;2-1-3/h12-15,31-32,35-37,39-40H,11,16-30H2,1-10H3;8-9H,5-7H2,1-4H3;3*1-2H3;1H,(H,2,3). The van der Waals surface area contributed by atoms with Crippen LogP contribution in [-0.4, -0.2) is 78.7 Å². The number of carbonyl (C=O) groups is 4. The first-order valence-electron chi connectivity index (χ1n) is 30.3. The minimum absolute atomic E-state index is 0.00130. The molecule has 9 heteroatoms. The highest BCUT2D eigenvalue weighted by atomic mass is 35.5. The zero-order chi connectivity index (χ0) is 57.2. The van der Waals surface area contributed by atoms with Gasteiger partial charge in [0.15, 0.2) is 11.6 Å². The second-order valence-corrected chi connectivity index (χ2v) is 25.4. The van der Waals surface area contributed by atoms with Crippen molar-refractivity contribution in [2.45, 2.75) is 234 Å². The molecule has 1 aromatic rings. The van der Waals surface area contributed by atoms with E-state index in [1.807, 2.05) is 53.7 Å². The molecule has 1 aromatic carbocycles. The summed E-state index contributed by atoms with van der Waals surface area (Å²) in [6, 6.07) is 8.34. The summed E-state index contributed by atoms with van der Waals surface area (Å²) in [6.07, 6.45) is 15.9. The second-order valence-electron chi connectivity index (χ2n) is 25.0. The third-order valence-electron chi connectivity index (χ3n) is 19.0. The predicted octanol–water partition coefficient (Wildman–Crippen LogP) is 17.2. The Bertz CT molecular complexity index is 2000. The first kappa shape index (κ1) is 68.3. The van der Waals surface area contributed by atoms with Crippen LogP contribution in [0.4, 0.5) is 0 Å². The highest BCUT2D eigenvalue weighted by molar-refractivity contribution is 6.30. The highest BCUT2D eigenvalue weighted by Crippen LogP contribution is 2.72. The molecule has 4 fully saturated rings. The Hall–Kier alpha value is -2.81. The minimum Gasteiger partial charge on any atom is -0.483 e. The molecular formula is C66H113ClN2O6. The van der Waals surface area contributed by atoms with E-state index < -0.39 is 0 Å².